The normalized spacial score (nSPS) is 15.0. The van der Waals surface area contributed by atoms with Gasteiger partial charge in [-0.3, -0.25) is 9.69 Å². The SMILES string of the molecule is CCCc1ccc(C)cc1N1C(=O)CS/C1=N\C(=O)NCCC(C)c1ccc(-c2ccn(-c3ccc(OC(F)(F)F)cc3)n2)cc1. The molecule has 2 heterocycles. The van der Waals surface area contributed by atoms with Crippen LogP contribution in [0.1, 0.15) is 49.3 Å². The maximum Gasteiger partial charge on any atom is 0.573 e. The van der Waals surface area contributed by atoms with Crippen LogP contribution in [-0.2, 0) is 11.2 Å². The summed E-state index contributed by atoms with van der Waals surface area (Å²) in [7, 11) is 0. The number of hydrogen-bond acceptors (Lipinski definition) is 5. The molecule has 1 saturated heterocycles. The van der Waals surface area contributed by atoms with Gasteiger partial charge in [0.15, 0.2) is 5.17 Å². The number of benzene rings is 3. The van der Waals surface area contributed by atoms with Crippen molar-refractivity contribution in [3.63, 3.8) is 0 Å². The van der Waals surface area contributed by atoms with E-state index in [9.17, 15) is 22.8 Å². The molecule has 0 radical (unpaired) electrons. The van der Waals surface area contributed by atoms with Crippen molar-refractivity contribution in [1.29, 1.82) is 0 Å². The van der Waals surface area contributed by atoms with Crippen molar-refractivity contribution in [1.82, 2.24) is 15.1 Å². The number of rotatable bonds is 10. The molecule has 0 bridgehead atoms. The summed E-state index contributed by atoms with van der Waals surface area (Å²) in [4.78, 5) is 31.3. The molecule has 1 N–H and O–H groups in total. The Morgan fingerprint density at radius 2 is 1.83 bits per heavy atom. The van der Waals surface area contributed by atoms with Gasteiger partial charge in [0.2, 0.25) is 5.91 Å². The third-order valence-corrected chi connectivity index (χ3v) is 8.44. The summed E-state index contributed by atoms with van der Waals surface area (Å²) in [6, 6.07) is 20.8. The Labute approximate surface area is 269 Å². The molecule has 1 atom stereocenters. The summed E-state index contributed by atoms with van der Waals surface area (Å²) in [6.07, 6.45) is -0.552. The number of aliphatic imine (C=N–C) groups is 1. The first-order valence-corrected chi connectivity index (χ1v) is 15.9. The number of aromatic nitrogens is 2. The molecule has 1 aliphatic rings. The number of thioether (sulfide) groups is 1. The Hall–Kier alpha value is -4.58. The molecule has 3 amide bonds. The molecule has 0 saturated carbocycles. The molecule has 1 aliphatic heterocycles. The van der Waals surface area contributed by atoms with E-state index in [0.29, 0.717) is 29.5 Å². The van der Waals surface area contributed by atoms with E-state index in [-0.39, 0.29) is 23.3 Å². The first-order chi connectivity index (χ1) is 22.0. The summed E-state index contributed by atoms with van der Waals surface area (Å²) in [6.45, 7) is 6.56. The number of carbonyl (C=O) groups is 2. The van der Waals surface area contributed by atoms with Crippen molar-refractivity contribution in [2.24, 2.45) is 4.99 Å². The van der Waals surface area contributed by atoms with Gasteiger partial charge in [0.05, 0.1) is 22.8 Å². The van der Waals surface area contributed by atoms with Gasteiger partial charge in [-0.15, -0.1) is 13.2 Å². The van der Waals surface area contributed by atoms with Gasteiger partial charge in [-0.1, -0.05) is 68.4 Å². The highest BCUT2D eigenvalue weighted by Crippen LogP contribution is 2.32. The second kappa shape index (κ2) is 14.2. The molecule has 1 aromatic heterocycles. The van der Waals surface area contributed by atoms with E-state index in [1.54, 1.807) is 15.8 Å². The van der Waals surface area contributed by atoms with Crippen LogP contribution in [0.4, 0.5) is 23.7 Å². The van der Waals surface area contributed by atoms with Crippen LogP contribution in [0.15, 0.2) is 84.0 Å². The lowest BCUT2D eigenvalue weighted by molar-refractivity contribution is -0.274. The molecule has 3 aromatic carbocycles. The van der Waals surface area contributed by atoms with Gasteiger partial charge < -0.3 is 10.1 Å². The molecule has 12 heteroatoms. The number of halogens is 3. The predicted octanol–water partition coefficient (Wildman–Crippen LogP) is 8.04. The molecule has 1 fully saturated rings. The zero-order valence-electron chi connectivity index (χ0n) is 25.7. The first kappa shape index (κ1) is 32.8. The van der Waals surface area contributed by atoms with Gasteiger partial charge in [0, 0.05) is 18.3 Å². The number of nitrogens with zero attached hydrogens (tertiary/aromatic N) is 4. The van der Waals surface area contributed by atoms with E-state index in [4.69, 9.17) is 0 Å². The Morgan fingerprint density at radius 3 is 2.52 bits per heavy atom. The predicted molar refractivity (Wildman–Crippen MR) is 175 cm³/mol. The lowest BCUT2D eigenvalue weighted by Gasteiger charge is -2.20. The van der Waals surface area contributed by atoms with Crippen LogP contribution in [0.5, 0.6) is 5.75 Å². The van der Waals surface area contributed by atoms with Gasteiger partial charge in [-0.2, -0.15) is 10.1 Å². The van der Waals surface area contributed by atoms with Crippen LogP contribution in [0.2, 0.25) is 0 Å². The number of ether oxygens (including phenoxy) is 1. The standard InChI is InChI=1S/C34H34F3N5O3S/c1-4-5-26-7-6-22(2)20-30(26)42-31(43)21-46-33(42)39-32(44)38-18-16-23(3)24-8-10-25(11-9-24)29-17-19-41(40-29)27-12-14-28(15-13-27)45-34(35,36)37/h6-15,17,19-20,23H,4-5,16,18,21H2,1-3H3,(H,38,44)/b39-33-. The van der Waals surface area contributed by atoms with Crippen molar-refractivity contribution >= 4 is 34.6 Å². The minimum Gasteiger partial charge on any atom is -0.406 e. The summed E-state index contributed by atoms with van der Waals surface area (Å²) in [5.74, 6) is 0.0141. The van der Waals surface area contributed by atoms with E-state index < -0.39 is 12.4 Å². The average molecular weight is 650 g/mol. The van der Waals surface area contributed by atoms with Crippen LogP contribution in [-0.4, -0.2) is 45.5 Å². The lowest BCUT2D eigenvalue weighted by atomic mass is 9.96. The van der Waals surface area contributed by atoms with Crippen molar-refractivity contribution in [3.05, 3.63) is 95.7 Å². The third kappa shape index (κ3) is 8.16. The molecular weight excluding hydrogens is 615 g/mol. The maximum absolute atomic E-state index is 12.8. The number of alkyl halides is 3. The average Bonchev–Trinajstić information content (AvgIpc) is 3.65. The monoisotopic (exact) mass is 649 g/mol. The Kier molecular flexibility index (Phi) is 10.2. The van der Waals surface area contributed by atoms with E-state index in [1.807, 2.05) is 55.5 Å². The van der Waals surface area contributed by atoms with E-state index in [2.05, 4.69) is 34.0 Å². The molecule has 0 spiro atoms. The zero-order valence-corrected chi connectivity index (χ0v) is 26.5. The molecule has 5 rings (SSSR count). The largest absolute Gasteiger partial charge is 0.573 e. The number of amidine groups is 1. The molecule has 46 heavy (non-hydrogen) atoms. The van der Waals surface area contributed by atoms with Crippen molar-refractivity contribution in [2.45, 2.75) is 52.3 Å². The number of urea groups is 1. The number of anilines is 1. The fourth-order valence-corrected chi connectivity index (χ4v) is 6.00. The molecule has 4 aromatic rings. The first-order valence-electron chi connectivity index (χ1n) is 14.9. The lowest BCUT2D eigenvalue weighted by Crippen LogP contribution is -2.32. The van der Waals surface area contributed by atoms with Crippen LogP contribution in [0.25, 0.3) is 16.9 Å². The maximum atomic E-state index is 12.8. The second-order valence-electron chi connectivity index (χ2n) is 11.0. The van der Waals surface area contributed by atoms with Crippen LogP contribution in [0, 0.1) is 6.92 Å². The topological polar surface area (TPSA) is 88.8 Å². The van der Waals surface area contributed by atoms with Gasteiger partial charge in [0.1, 0.15) is 5.75 Å². The fourth-order valence-electron chi connectivity index (χ4n) is 5.14. The van der Waals surface area contributed by atoms with E-state index >= 15 is 0 Å². The minimum atomic E-state index is -4.74. The van der Waals surface area contributed by atoms with Gasteiger partial charge >= 0.3 is 12.4 Å². The Bertz CT molecular complexity index is 1720. The second-order valence-corrected chi connectivity index (χ2v) is 12.0. The summed E-state index contributed by atoms with van der Waals surface area (Å²) >= 11 is 1.27. The minimum absolute atomic E-state index is 0.0862. The van der Waals surface area contributed by atoms with Gasteiger partial charge in [-0.05, 0) is 78.8 Å². The number of nitrogens with one attached hydrogen (secondary N) is 1. The van der Waals surface area contributed by atoms with Crippen LogP contribution < -0.4 is 15.0 Å². The molecule has 1 unspecified atom stereocenters. The zero-order chi connectivity index (χ0) is 32.8. The number of aryl methyl sites for hydroxylation is 2. The highest BCUT2D eigenvalue weighted by atomic mass is 32.2. The summed E-state index contributed by atoms with van der Waals surface area (Å²) in [5.41, 5.74) is 6.17. The third-order valence-electron chi connectivity index (χ3n) is 7.52. The van der Waals surface area contributed by atoms with E-state index in [1.165, 1.54) is 36.0 Å². The van der Waals surface area contributed by atoms with Crippen molar-refractivity contribution in [3.8, 4) is 22.7 Å². The smallest absolute Gasteiger partial charge is 0.406 e. The molecule has 0 aliphatic carbocycles. The van der Waals surface area contributed by atoms with Crippen LogP contribution in [0.3, 0.4) is 0 Å². The Balaban J connectivity index is 1.16. The van der Waals surface area contributed by atoms with Crippen molar-refractivity contribution < 1.29 is 27.5 Å². The van der Waals surface area contributed by atoms with Gasteiger partial charge in [0.25, 0.3) is 0 Å². The highest BCUT2D eigenvalue weighted by molar-refractivity contribution is 8.15. The summed E-state index contributed by atoms with van der Waals surface area (Å²) in [5, 5.41) is 7.81. The quantitative estimate of drug-likeness (QED) is 0.188. The highest BCUT2D eigenvalue weighted by Gasteiger charge is 2.32. The van der Waals surface area contributed by atoms with Crippen molar-refractivity contribution in [2.75, 3.05) is 17.2 Å². The summed E-state index contributed by atoms with van der Waals surface area (Å²) < 4.78 is 42.8. The number of carbonyl (C=O) groups excluding carboxylic acids is 2. The van der Waals surface area contributed by atoms with E-state index in [0.717, 1.165) is 40.8 Å². The Morgan fingerprint density at radius 1 is 1.09 bits per heavy atom. The number of amides is 3. The molecular formula is C34H34F3N5O3S. The number of hydrogen-bond donors (Lipinski definition) is 1. The molecule has 8 nitrogen and oxygen atoms in total. The fraction of sp³-hybridized carbons (Fsp3) is 0.294. The van der Waals surface area contributed by atoms with Crippen LogP contribution >= 0.6 is 11.8 Å². The van der Waals surface area contributed by atoms with Gasteiger partial charge in [-0.25, -0.2) is 9.48 Å². The molecule has 240 valence electrons.